The van der Waals surface area contributed by atoms with Crippen molar-refractivity contribution in [1.82, 2.24) is 0 Å². The minimum atomic E-state index is -0.629. The monoisotopic (exact) mass is 404 g/mol. The Kier molecular flexibility index (Phi) is 4.91. The van der Waals surface area contributed by atoms with Crippen LogP contribution in [0.2, 0.25) is 0 Å². The van der Waals surface area contributed by atoms with E-state index in [1.807, 2.05) is 18.2 Å². The lowest BCUT2D eigenvalue weighted by atomic mass is 9.71. The molecule has 0 spiro atoms. The molecule has 2 saturated carbocycles. The van der Waals surface area contributed by atoms with Gasteiger partial charge in [0.15, 0.2) is 0 Å². The fourth-order valence-electron chi connectivity index (χ4n) is 5.21. The van der Waals surface area contributed by atoms with Gasteiger partial charge in [-0.15, -0.1) is 0 Å². The molecule has 1 unspecified atom stereocenters. The van der Waals surface area contributed by atoms with Gasteiger partial charge in [-0.1, -0.05) is 41.9 Å². The zero-order chi connectivity index (χ0) is 20.0. The Hall–Kier alpha value is -2.34. The van der Waals surface area contributed by atoms with Crippen LogP contribution in [0.15, 0.2) is 35.9 Å². The number of methoxy groups -OCH3 is 1. The van der Waals surface area contributed by atoms with Crippen LogP contribution in [0.25, 0.3) is 5.03 Å². The molecule has 1 aromatic carbocycles. The van der Waals surface area contributed by atoms with E-state index >= 15 is 0 Å². The third kappa shape index (κ3) is 2.73. The number of fused-ring (bicyclic) bond motifs is 1. The van der Waals surface area contributed by atoms with E-state index in [-0.39, 0.29) is 29.0 Å². The average molecular weight is 405 g/mol. The SMILES string of the molecule is CCOC(=O)/C(=C(\Cl)c1ccccc1)[C@H]1[C@@H]2OC(=O)[C@@H]3C(C(=O)OC)[C@H]1C[C@H]23. The number of carbonyl (C=O) groups excluding carboxylic acids is 3. The van der Waals surface area contributed by atoms with Gasteiger partial charge in [-0.3, -0.25) is 9.59 Å². The molecule has 1 heterocycles. The van der Waals surface area contributed by atoms with Crippen LogP contribution in [0.3, 0.4) is 0 Å². The second kappa shape index (κ2) is 7.24. The third-order valence-electron chi connectivity index (χ3n) is 6.18. The maximum atomic E-state index is 12.9. The molecule has 3 fully saturated rings. The van der Waals surface area contributed by atoms with Crippen molar-refractivity contribution < 1.29 is 28.6 Å². The standard InChI is InChI=1S/C21H21ClO6/c1-3-27-20(24)16(17(22)10-7-5-4-6-8-10)13-11-9-12-15(14(11)19(23)26-2)21(25)28-18(12)13/h4-8,11-15,18H,3,9H2,1-2H3/b17-16-/t11-,12-,13-,14?,15-,18+/m0/s1. The fraction of sp³-hybridized carbons (Fsp3) is 0.476. The smallest absolute Gasteiger partial charge is 0.335 e. The highest BCUT2D eigenvalue weighted by molar-refractivity contribution is 6.51. The summed E-state index contributed by atoms with van der Waals surface area (Å²) >= 11 is 6.68. The summed E-state index contributed by atoms with van der Waals surface area (Å²) in [7, 11) is 1.31. The van der Waals surface area contributed by atoms with E-state index < -0.39 is 41.8 Å². The minimum Gasteiger partial charge on any atom is -0.469 e. The lowest BCUT2D eigenvalue weighted by Crippen LogP contribution is -2.40. The largest absolute Gasteiger partial charge is 0.469 e. The lowest BCUT2D eigenvalue weighted by molar-refractivity contribution is -0.153. The van der Waals surface area contributed by atoms with Crippen molar-refractivity contribution in [1.29, 1.82) is 0 Å². The van der Waals surface area contributed by atoms with Crippen molar-refractivity contribution in [3.63, 3.8) is 0 Å². The van der Waals surface area contributed by atoms with Crippen LogP contribution >= 0.6 is 11.6 Å². The molecule has 2 aliphatic carbocycles. The van der Waals surface area contributed by atoms with Crippen LogP contribution in [-0.2, 0) is 28.6 Å². The Morgan fingerprint density at radius 3 is 2.54 bits per heavy atom. The molecule has 1 aliphatic heterocycles. The summed E-state index contributed by atoms with van der Waals surface area (Å²) in [5, 5.41) is 0.264. The van der Waals surface area contributed by atoms with Crippen LogP contribution in [0, 0.1) is 29.6 Å². The molecule has 6 atom stereocenters. The van der Waals surface area contributed by atoms with Crippen molar-refractivity contribution in [2.75, 3.05) is 13.7 Å². The van der Waals surface area contributed by atoms with Gasteiger partial charge in [-0.2, -0.15) is 0 Å². The molecule has 4 rings (SSSR count). The first-order valence-corrected chi connectivity index (χ1v) is 9.77. The lowest BCUT2D eigenvalue weighted by Gasteiger charge is -2.31. The van der Waals surface area contributed by atoms with Gasteiger partial charge in [0.05, 0.1) is 36.2 Å². The normalized spacial score (nSPS) is 33.3. The van der Waals surface area contributed by atoms with Crippen molar-refractivity contribution in [2.45, 2.75) is 19.4 Å². The van der Waals surface area contributed by atoms with Crippen LogP contribution in [-0.4, -0.2) is 37.7 Å². The topological polar surface area (TPSA) is 78.9 Å². The van der Waals surface area contributed by atoms with E-state index in [1.165, 1.54) is 7.11 Å². The number of hydrogen-bond donors (Lipinski definition) is 0. The van der Waals surface area contributed by atoms with Crippen LogP contribution in [0.5, 0.6) is 0 Å². The first-order chi connectivity index (χ1) is 13.5. The zero-order valence-corrected chi connectivity index (χ0v) is 16.3. The molecule has 0 N–H and O–H groups in total. The Labute approximate surface area is 167 Å². The highest BCUT2D eigenvalue weighted by atomic mass is 35.5. The van der Waals surface area contributed by atoms with Crippen molar-refractivity contribution in [3.05, 3.63) is 41.5 Å². The molecule has 28 heavy (non-hydrogen) atoms. The van der Waals surface area contributed by atoms with Gasteiger partial charge in [-0.25, -0.2) is 4.79 Å². The molecular weight excluding hydrogens is 384 g/mol. The summed E-state index contributed by atoms with van der Waals surface area (Å²) in [4.78, 5) is 37.8. The highest BCUT2D eigenvalue weighted by Gasteiger charge is 2.70. The Balaban J connectivity index is 1.82. The van der Waals surface area contributed by atoms with Crippen molar-refractivity contribution in [2.24, 2.45) is 29.6 Å². The van der Waals surface area contributed by atoms with Gasteiger partial charge in [-0.05, 0) is 24.8 Å². The summed E-state index contributed by atoms with van der Waals surface area (Å²) in [6, 6.07) is 9.10. The first kappa shape index (κ1) is 19.0. The van der Waals surface area contributed by atoms with E-state index in [4.69, 9.17) is 25.8 Å². The van der Waals surface area contributed by atoms with E-state index in [0.717, 1.165) is 0 Å². The third-order valence-corrected chi connectivity index (χ3v) is 6.60. The van der Waals surface area contributed by atoms with E-state index in [1.54, 1.807) is 19.1 Å². The van der Waals surface area contributed by atoms with Gasteiger partial charge in [0.1, 0.15) is 6.10 Å². The molecular formula is C21H21ClO6. The van der Waals surface area contributed by atoms with E-state index in [2.05, 4.69) is 0 Å². The quantitative estimate of drug-likeness (QED) is 0.426. The van der Waals surface area contributed by atoms with Crippen LogP contribution < -0.4 is 0 Å². The summed E-state index contributed by atoms with van der Waals surface area (Å²) < 4.78 is 15.9. The number of hydrogen-bond acceptors (Lipinski definition) is 6. The molecule has 0 aromatic heterocycles. The van der Waals surface area contributed by atoms with Gasteiger partial charge in [0.2, 0.25) is 0 Å². The Bertz CT molecular complexity index is 848. The molecule has 1 aromatic rings. The number of carbonyl (C=O) groups is 3. The van der Waals surface area contributed by atoms with Crippen molar-refractivity contribution in [3.8, 4) is 0 Å². The average Bonchev–Trinajstić information content (AvgIpc) is 3.32. The van der Waals surface area contributed by atoms with Gasteiger partial charge >= 0.3 is 17.9 Å². The predicted molar refractivity (Wildman–Crippen MR) is 99.8 cm³/mol. The van der Waals surface area contributed by atoms with Crippen LogP contribution in [0.4, 0.5) is 0 Å². The molecule has 1 saturated heterocycles. The summed E-state index contributed by atoms with van der Waals surface area (Å²) in [5.41, 5.74) is 0.944. The number of benzene rings is 1. The number of rotatable bonds is 5. The molecule has 3 aliphatic rings. The minimum absolute atomic E-state index is 0.115. The molecule has 0 amide bonds. The maximum Gasteiger partial charge on any atom is 0.335 e. The molecule has 0 radical (unpaired) electrons. The highest BCUT2D eigenvalue weighted by Crippen LogP contribution is 2.63. The summed E-state index contributed by atoms with van der Waals surface area (Å²) in [6.07, 6.45) is 0.146. The van der Waals surface area contributed by atoms with Gasteiger partial charge in [0.25, 0.3) is 0 Å². The van der Waals surface area contributed by atoms with E-state index in [9.17, 15) is 14.4 Å². The molecule has 7 heteroatoms. The fourth-order valence-corrected chi connectivity index (χ4v) is 5.54. The molecule has 148 valence electrons. The first-order valence-electron chi connectivity index (χ1n) is 9.40. The maximum absolute atomic E-state index is 12.9. The number of esters is 3. The van der Waals surface area contributed by atoms with Crippen LogP contribution in [0.1, 0.15) is 18.9 Å². The van der Waals surface area contributed by atoms with Gasteiger partial charge < -0.3 is 14.2 Å². The molecule has 6 nitrogen and oxygen atoms in total. The Morgan fingerprint density at radius 2 is 1.89 bits per heavy atom. The number of ether oxygens (including phenoxy) is 3. The zero-order valence-electron chi connectivity index (χ0n) is 15.6. The summed E-state index contributed by atoms with van der Waals surface area (Å²) in [5.74, 6) is -3.38. The van der Waals surface area contributed by atoms with Gasteiger partial charge in [0, 0.05) is 11.8 Å². The second-order valence-corrected chi connectivity index (χ2v) is 7.76. The second-order valence-electron chi connectivity index (χ2n) is 7.38. The summed E-state index contributed by atoms with van der Waals surface area (Å²) in [6.45, 7) is 1.91. The van der Waals surface area contributed by atoms with Crippen molar-refractivity contribution >= 4 is 34.5 Å². The Morgan fingerprint density at radius 1 is 1.18 bits per heavy atom. The van der Waals surface area contributed by atoms with E-state index in [0.29, 0.717) is 12.0 Å². The molecule has 2 bridgehead atoms. The number of halogens is 1. The predicted octanol–water partition coefficient (Wildman–Crippen LogP) is 2.80.